The molecule has 1 N–H and O–H groups in total. The fourth-order valence-electron chi connectivity index (χ4n) is 6.86. The van der Waals surface area contributed by atoms with Gasteiger partial charge in [-0.3, -0.25) is 0 Å². The van der Waals surface area contributed by atoms with E-state index >= 15 is 0 Å². The molecule has 0 aliphatic carbocycles. The number of unbranched alkanes of at least 4 members (excludes halogenated alkanes) is 22. The van der Waals surface area contributed by atoms with E-state index < -0.39 is 16.5 Å². The van der Waals surface area contributed by atoms with Gasteiger partial charge < -0.3 is 4.65 Å². The van der Waals surface area contributed by atoms with Crippen LogP contribution in [-0.2, 0) is 0 Å². The fourth-order valence-corrected chi connectivity index (χ4v) is 19.5. The molecule has 0 saturated heterocycles. The summed E-state index contributed by atoms with van der Waals surface area (Å²) in [5.41, 5.74) is 0. The summed E-state index contributed by atoms with van der Waals surface area (Å²) in [6.45, 7) is 14.7. The van der Waals surface area contributed by atoms with Gasteiger partial charge >= 0.3 is 0 Å². The van der Waals surface area contributed by atoms with E-state index in [0.29, 0.717) is 0 Å². The van der Waals surface area contributed by atoms with Gasteiger partial charge in [-0.25, -0.2) is 0 Å². The van der Waals surface area contributed by atoms with Crippen LogP contribution in [0.25, 0.3) is 0 Å². The van der Waals surface area contributed by atoms with Gasteiger partial charge in [0.15, 0.2) is 0 Å². The molecule has 236 valence electrons. The molecule has 0 aromatic rings. The zero-order valence-corrected chi connectivity index (χ0v) is 30.7. The second-order valence-corrected chi connectivity index (χ2v) is 23.3. The molecular formula is C36H79NSi2. The normalized spacial score (nSPS) is 12.5. The minimum atomic E-state index is -1.31. The summed E-state index contributed by atoms with van der Waals surface area (Å²) in [6, 6.07) is 8.90. The van der Waals surface area contributed by atoms with Crippen molar-refractivity contribution < 1.29 is 0 Å². The molecule has 0 aliphatic rings. The first-order chi connectivity index (χ1) is 19.1. The molecule has 0 aromatic carbocycles. The third-order valence-electron chi connectivity index (χ3n) is 10.3. The summed E-state index contributed by atoms with van der Waals surface area (Å²) < 4.78 is 4.64. The lowest BCUT2D eigenvalue weighted by Gasteiger charge is -2.42. The molecule has 0 radical (unpaired) electrons. The van der Waals surface area contributed by atoms with Crippen molar-refractivity contribution in [2.45, 2.75) is 232 Å². The highest BCUT2D eigenvalue weighted by Crippen LogP contribution is 2.29. The lowest BCUT2D eigenvalue weighted by atomic mass is 10.1. The Hall–Kier alpha value is 0.394. The van der Waals surface area contributed by atoms with E-state index in [2.05, 4.69) is 46.2 Å². The molecule has 0 heterocycles. The molecule has 0 saturated carbocycles. The largest absolute Gasteiger partial charge is 0.359 e. The van der Waals surface area contributed by atoms with E-state index in [4.69, 9.17) is 0 Å². The Morgan fingerprint density at radius 2 is 0.487 bits per heavy atom. The number of rotatable bonds is 32. The molecule has 0 atom stereocenters. The minimum Gasteiger partial charge on any atom is -0.359 e. The molecule has 0 spiro atoms. The van der Waals surface area contributed by atoms with Crippen LogP contribution in [0.2, 0.25) is 36.3 Å². The summed E-state index contributed by atoms with van der Waals surface area (Å²) in [5.74, 6) is 0. The van der Waals surface area contributed by atoms with Gasteiger partial charge in [0.05, 0.1) is 0 Å². The Balaban J connectivity index is 4.17. The van der Waals surface area contributed by atoms with Gasteiger partial charge in [-0.15, -0.1) is 0 Å². The van der Waals surface area contributed by atoms with Crippen molar-refractivity contribution in [1.82, 2.24) is 4.65 Å². The van der Waals surface area contributed by atoms with Crippen molar-refractivity contribution in [2.24, 2.45) is 0 Å². The van der Waals surface area contributed by atoms with Gasteiger partial charge in [0.1, 0.15) is 16.5 Å². The summed E-state index contributed by atoms with van der Waals surface area (Å²) in [5, 5.41) is 0. The van der Waals surface area contributed by atoms with Crippen LogP contribution in [0, 0.1) is 0 Å². The Kier molecular flexibility index (Phi) is 28.8. The first-order valence-corrected chi connectivity index (χ1v) is 24.1. The molecule has 0 unspecified atom stereocenters. The number of hydrogen-bond donors (Lipinski definition) is 1. The van der Waals surface area contributed by atoms with E-state index in [-0.39, 0.29) is 0 Å². The highest BCUT2D eigenvalue weighted by molar-refractivity contribution is 6.93. The highest BCUT2D eigenvalue weighted by Gasteiger charge is 2.38. The van der Waals surface area contributed by atoms with Crippen molar-refractivity contribution in [2.75, 3.05) is 0 Å². The number of nitrogens with one attached hydrogen (secondary N) is 1. The molecule has 0 amide bonds. The molecule has 0 aromatic heterocycles. The molecule has 1 nitrogen and oxygen atoms in total. The van der Waals surface area contributed by atoms with Gasteiger partial charge in [-0.05, 0) is 36.3 Å². The fraction of sp³-hybridized carbons (Fsp3) is 1.00. The number of hydrogen-bond acceptors (Lipinski definition) is 1. The third-order valence-corrected chi connectivity index (χ3v) is 22.5. The third kappa shape index (κ3) is 21.7. The lowest BCUT2D eigenvalue weighted by Crippen LogP contribution is -2.63. The van der Waals surface area contributed by atoms with Crippen molar-refractivity contribution in [3.63, 3.8) is 0 Å². The topological polar surface area (TPSA) is 12.0 Å². The van der Waals surface area contributed by atoms with Crippen molar-refractivity contribution in [3.8, 4) is 0 Å². The summed E-state index contributed by atoms with van der Waals surface area (Å²) in [4.78, 5) is 0. The van der Waals surface area contributed by atoms with E-state index in [9.17, 15) is 0 Å². The van der Waals surface area contributed by atoms with Crippen LogP contribution >= 0.6 is 0 Å². The predicted octanol–water partition coefficient (Wildman–Crippen LogP) is 13.9. The van der Waals surface area contributed by atoms with Crippen molar-refractivity contribution >= 4 is 16.5 Å². The van der Waals surface area contributed by atoms with Gasteiger partial charge in [0, 0.05) is 0 Å². The average Bonchev–Trinajstić information content (AvgIpc) is 2.97. The minimum absolute atomic E-state index is 1.31. The first-order valence-electron chi connectivity index (χ1n) is 18.9. The molecule has 39 heavy (non-hydrogen) atoms. The van der Waals surface area contributed by atoms with Crippen LogP contribution in [0.5, 0.6) is 0 Å². The SMILES string of the molecule is CCCCCCCCCCCCCC[Si](CC)(CC)N[Si](CC)(CC)CCCCCCCCCCCCCC. The van der Waals surface area contributed by atoms with E-state index in [0.717, 1.165) is 0 Å². The highest BCUT2D eigenvalue weighted by atomic mass is 28.4. The zero-order valence-electron chi connectivity index (χ0n) is 28.7. The molecule has 0 fully saturated rings. The van der Waals surface area contributed by atoms with Gasteiger partial charge in [-0.2, -0.15) is 0 Å². The summed E-state index contributed by atoms with van der Waals surface area (Å²) in [6.07, 6.45) is 35.2. The van der Waals surface area contributed by atoms with E-state index in [1.165, 1.54) is 178 Å². The molecule has 0 bridgehead atoms. The molecule has 3 heteroatoms. The second-order valence-electron chi connectivity index (χ2n) is 13.4. The maximum atomic E-state index is 4.64. The van der Waals surface area contributed by atoms with Gasteiger partial charge in [-0.1, -0.05) is 196 Å². The zero-order chi connectivity index (χ0) is 28.9. The van der Waals surface area contributed by atoms with Gasteiger partial charge in [0.2, 0.25) is 0 Å². The summed E-state index contributed by atoms with van der Waals surface area (Å²) in [7, 11) is -2.62. The van der Waals surface area contributed by atoms with Crippen LogP contribution < -0.4 is 4.65 Å². The molecular weight excluding hydrogens is 503 g/mol. The molecule has 0 aliphatic heterocycles. The Morgan fingerprint density at radius 3 is 0.692 bits per heavy atom. The van der Waals surface area contributed by atoms with Crippen LogP contribution in [0.1, 0.15) is 196 Å². The maximum absolute atomic E-state index is 4.64. The van der Waals surface area contributed by atoms with Crippen LogP contribution in [0.15, 0.2) is 0 Å². The second kappa shape index (κ2) is 28.5. The predicted molar refractivity (Wildman–Crippen MR) is 188 cm³/mol. The first kappa shape index (κ1) is 39.4. The van der Waals surface area contributed by atoms with Crippen LogP contribution in [-0.4, -0.2) is 16.5 Å². The Morgan fingerprint density at radius 1 is 0.282 bits per heavy atom. The van der Waals surface area contributed by atoms with Crippen LogP contribution in [0.4, 0.5) is 0 Å². The van der Waals surface area contributed by atoms with Crippen molar-refractivity contribution in [3.05, 3.63) is 0 Å². The smallest absolute Gasteiger partial charge is 0.118 e. The van der Waals surface area contributed by atoms with E-state index in [1.807, 2.05) is 0 Å². The Bertz CT molecular complexity index is 431. The van der Waals surface area contributed by atoms with Crippen molar-refractivity contribution in [1.29, 1.82) is 0 Å². The Labute approximate surface area is 252 Å². The van der Waals surface area contributed by atoms with Crippen LogP contribution in [0.3, 0.4) is 0 Å². The van der Waals surface area contributed by atoms with E-state index in [1.54, 1.807) is 12.1 Å². The van der Waals surface area contributed by atoms with Gasteiger partial charge in [0.25, 0.3) is 0 Å². The molecule has 0 rings (SSSR count). The average molecular weight is 582 g/mol. The quantitative estimate of drug-likeness (QED) is 0.0615. The monoisotopic (exact) mass is 582 g/mol. The lowest BCUT2D eigenvalue weighted by molar-refractivity contribution is 0.546. The standard InChI is InChI=1S/C36H79NSi2/c1-7-13-15-17-19-21-23-25-27-29-31-33-35-38(9-3,10-4)37-39(11-5,12-6)36-34-32-30-28-26-24-22-20-18-16-14-8-2/h37H,7-36H2,1-6H3. The maximum Gasteiger partial charge on any atom is 0.118 e. The summed E-state index contributed by atoms with van der Waals surface area (Å²) >= 11 is 0.